The van der Waals surface area contributed by atoms with E-state index in [1.54, 1.807) is 13.0 Å². The molecule has 1 rings (SSSR count). The van der Waals surface area contributed by atoms with Gasteiger partial charge >= 0.3 is 99.6 Å². The van der Waals surface area contributed by atoms with Crippen LogP contribution in [0, 0.1) is 6.92 Å². The van der Waals surface area contributed by atoms with Gasteiger partial charge in [-0.15, -0.1) is 0 Å². The van der Waals surface area contributed by atoms with E-state index in [2.05, 4.69) is 25.8 Å². The summed E-state index contributed by atoms with van der Waals surface area (Å²) in [6.45, 7) is 8.19. The third-order valence-corrected chi connectivity index (χ3v) is 5.53. The van der Waals surface area contributed by atoms with Crippen molar-refractivity contribution in [2.24, 2.45) is 0 Å². The molecule has 0 aliphatic carbocycles. The van der Waals surface area contributed by atoms with Gasteiger partial charge in [-0.05, 0) is 0 Å². The molecule has 0 saturated carbocycles. The van der Waals surface area contributed by atoms with Gasteiger partial charge in [0.15, 0.2) is 0 Å². The van der Waals surface area contributed by atoms with Crippen LogP contribution in [0.4, 0.5) is 8.78 Å². The first-order valence-corrected chi connectivity index (χ1v) is 7.69. The van der Waals surface area contributed by atoms with Gasteiger partial charge in [-0.3, -0.25) is 0 Å². The summed E-state index contributed by atoms with van der Waals surface area (Å²) in [6.07, 6.45) is -2.41. The molecule has 0 atom stereocenters. The van der Waals surface area contributed by atoms with E-state index in [1.165, 1.54) is 6.07 Å². The third-order valence-electron chi connectivity index (χ3n) is 1.86. The molecule has 0 aliphatic heterocycles. The Bertz CT molecular complexity index is 345. The van der Waals surface area contributed by atoms with Gasteiger partial charge < -0.3 is 0 Å². The number of hydrogen-bond acceptors (Lipinski definition) is 1. The van der Waals surface area contributed by atoms with Crippen molar-refractivity contribution >= 4 is 24.9 Å². The minimum atomic E-state index is -2.41. The van der Waals surface area contributed by atoms with E-state index in [9.17, 15) is 8.78 Å². The van der Waals surface area contributed by atoms with E-state index in [1.807, 2.05) is 0 Å². The van der Waals surface area contributed by atoms with Crippen molar-refractivity contribution in [3.05, 3.63) is 23.4 Å². The SMILES string of the molecule is Cc1n[c]([Sn][C](C)(C)C)ccc1C(F)F. The molecular formula is C11H15F2NSn. The van der Waals surface area contributed by atoms with E-state index in [-0.39, 0.29) is 5.56 Å². The minimum absolute atomic E-state index is 0.0621. The summed E-state index contributed by atoms with van der Waals surface area (Å²) < 4.78 is 26.3. The average Bonchev–Trinajstić information content (AvgIpc) is 1.99. The number of rotatable bonds is 2. The average molecular weight is 318 g/mol. The van der Waals surface area contributed by atoms with Crippen molar-refractivity contribution < 1.29 is 8.78 Å². The van der Waals surface area contributed by atoms with Gasteiger partial charge in [0, 0.05) is 0 Å². The van der Waals surface area contributed by atoms with Crippen molar-refractivity contribution in [1.82, 2.24) is 4.98 Å². The predicted molar refractivity (Wildman–Crippen MR) is 59.0 cm³/mol. The topological polar surface area (TPSA) is 12.9 Å². The number of aromatic nitrogens is 1. The van der Waals surface area contributed by atoms with Crippen molar-refractivity contribution in [1.29, 1.82) is 0 Å². The summed E-state index contributed by atoms with van der Waals surface area (Å²) in [5, 5.41) is 0. The second kappa shape index (κ2) is 4.76. The molecule has 0 aromatic carbocycles. The monoisotopic (exact) mass is 319 g/mol. The Morgan fingerprint density at radius 1 is 1.27 bits per heavy atom. The van der Waals surface area contributed by atoms with Crippen LogP contribution in [0.5, 0.6) is 0 Å². The van der Waals surface area contributed by atoms with Crippen LogP contribution < -0.4 is 3.71 Å². The van der Waals surface area contributed by atoms with Gasteiger partial charge in [0.25, 0.3) is 0 Å². The van der Waals surface area contributed by atoms with Crippen molar-refractivity contribution in [2.45, 2.75) is 37.6 Å². The Kier molecular flexibility index (Phi) is 4.09. The molecule has 4 heteroatoms. The normalized spacial score (nSPS) is 12.2. The Labute approximate surface area is 99.5 Å². The van der Waals surface area contributed by atoms with Gasteiger partial charge in [-0.2, -0.15) is 0 Å². The molecule has 82 valence electrons. The summed E-state index contributed by atoms with van der Waals surface area (Å²) >= 11 is -0.781. The van der Waals surface area contributed by atoms with Gasteiger partial charge in [0.2, 0.25) is 0 Å². The molecule has 1 aromatic rings. The third kappa shape index (κ3) is 4.05. The molecule has 0 saturated heterocycles. The molecular weight excluding hydrogens is 303 g/mol. The summed E-state index contributed by atoms with van der Waals surface area (Å²) in [4.78, 5) is 4.28. The molecule has 0 aliphatic rings. The van der Waals surface area contributed by atoms with Gasteiger partial charge in [-0.1, -0.05) is 0 Å². The molecule has 1 aromatic heterocycles. The number of alkyl halides is 2. The molecule has 0 amide bonds. The van der Waals surface area contributed by atoms with Gasteiger partial charge in [0.05, 0.1) is 0 Å². The molecule has 15 heavy (non-hydrogen) atoms. The second-order valence-corrected chi connectivity index (χ2v) is 11.0. The Balaban J connectivity index is 2.92. The van der Waals surface area contributed by atoms with E-state index in [0.717, 1.165) is 3.71 Å². The van der Waals surface area contributed by atoms with Gasteiger partial charge in [0.1, 0.15) is 0 Å². The number of nitrogens with zero attached hydrogens (tertiary/aromatic N) is 1. The quantitative estimate of drug-likeness (QED) is 0.764. The number of aryl methyl sites for hydroxylation is 1. The van der Waals surface area contributed by atoms with Crippen LogP contribution in [0.1, 0.15) is 38.5 Å². The standard InChI is InChI=1S/C7H6F2N.C4H9.Sn/c1-5-6(7(8)9)3-2-4-10-5;1-4(2)3;/h2-3,7H,1H3;1-3H3;. The fourth-order valence-corrected chi connectivity index (χ4v) is 4.56. The van der Waals surface area contributed by atoms with Crippen molar-refractivity contribution in [3.63, 3.8) is 0 Å². The molecule has 0 N–H and O–H groups in total. The zero-order valence-electron chi connectivity index (χ0n) is 9.44. The van der Waals surface area contributed by atoms with Crippen LogP contribution in [0.25, 0.3) is 0 Å². The van der Waals surface area contributed by atoms with Crippen LogP contribution in [-0.4, -0.2) is 26.1 Å². The fraction of sp³-hybridized carbons (Fsp3) is 0.545. The molecule has 0 spiro atoms. The Morgan fingerprint density at radius 2 is 1.87 bits per heavy atom. The Hall–Kier alpha value is -0.191. The van der Waals surface area contributed by atoms with E-state index in [4.69, 9.17) is 0 Å². The predicted octanol–water partition coefficient (Wildman–Crippen LogP) is 2.88. The molecule has 0 unspecified atom stereocenters. The molecule has 0 bridgehead atoms. The maximum absolute atomic E-state index is 12.5. The van der Waals surface area contributed by atoms with Crippen molar-refractivity contribution in [3.8, 4) is 0 Å². The summed E-state index contributed by atoms with van der Waals surface area (Å²) in [7, 11) is 0. The zero-order valence-corrected chi connectivity index (χ0v) is 12.3. The zero-order chi connectivity index (χ0) is 11.6. The van der Waals surface area contributed by atoms with Crippen LogP contribution in [-0.2, 0) is 0 Å². The summed E-state index contributed by atoms with van der Waals surface area (Å²) in [5.74, 6) is 0. The van der Waals surface area contributed by atoms with Gasteiger partial charge in [-0.25, -0.2) is 0 Å². The summed E-state index contributed by atoms with van der Waals surface area (Å²) in [5.41, 5.74) is 0.541. The van der Waals surface area contributed by atoms with E-state index < -0.39 is 27.6 Å². The maximum atomic E-state index is 12.5. The molecule has 0 fully saturated rings. The van der Waals surface area contributed by atoms with Crippen molar-refractivity contribution in [2.75, 3.05) is 0 Å². The van der Waals surface area contributed by atoms with E-state index in [0.29, 0.717) is 9.12 Å². The second-order valence-electron chi connectivity index (χ2n) is 4.55. The first kappa shape index (κ1) is 12.9. The number of hydrogen-bond donors (Lipinski definition) is 0. The number of pyridine rings is 1. The Morgan fingerprint density at radius 3 is 2.27 bits per heavy atom. The molecule has 1 nitrogen and oxygen atoms in total. The van der Waals surface area contributed by atoms with Crippen LogP contribution in [0.3, 0.4) is 0 Å². The first-order valence-electron chi connectivity index (χ1n) is 4.83. The number of halogens is 2. The summed E-state index contributed by atoms with van der Waals surface area (Å²) in [6, 6.07) is 3.29. The van der Waals surface area contributed by atoms with Crippen LogP contribution >= 0.6 is 0 Å². The van der Waals surface area contributed by atoms with E-state index >= 15 is 0 Å². The molecule has 1 heterocycles. The first-order chi connectivity index (χ1) is 6.79. The molecule has 2 radical (unpaired) electrons. The van der Waals surface area contributed by atoms with Crippen LogP contribution in [0.2, 0.25) is 3.43 Å². The van der Waals surface area contributed by atoms with Crippen LogP contribution in [0.15, 0.2) is 12.1 Å². The fourth-order valence-electron chi connectivity index (χ4n) is 1.26.